The second kappa shape index (κ2) is 8.18. The number of benzene rings is 1. The van der Waals surface area contributed by atoms with Gasteiger partial charge in [0.05, 0.1) is 25.5 Å². The summed E-state index contributed by atoms with van der Waals surface area (Å²) in [5.74, 6) is 0.517. The first-order valence-electron chi connectivity index (χ1n) is 9.15. The Hall–Kier alpha value is -3.26. The Balaban J connectivity index is 1.55. The molecule has 1 aliphatic rings. The predicted molar refractivity (Wildman–Crippen MR) is 103 cm³/mol. The number of carbonyl (C=O) groups is 1. The number of morpholine rings is 1. The smallest absolute Gasteiger partial charge is 0.251 e. The number of hydrogen-bond donors (Lipinski definition) is 1. The van der Waals surface area contributed by atoms with E-state index in [2.05, 4.69) is 20.4 Å². The van der Waals surface area contributed by atoms with Gasteiger partial charge in [-0.2, -0.15) is 0 Å². The molecule has 0 atom stereocenters. The van der Waals surface area contributed by atoms with E-state index in [9.17, 15) is 4.79 Å². The average molecular weight is 379 g/mol. The molecule has 1 saturated heterocycles. The molecule has 28 heavy (non-hydrogen) atoms. The Morgan fingerprint density at radius 1 is 1.18 bits per heavy atom. The molecule has 0 radical (unpaired) electrons. The SMILES string of the molecule is Cc1cc(-c2cccc(C(=O)NCc3ccon3)c2)nc(N2CCOCC2)n1. The summed E-state index contributed by atoms with van der Waals surface area (Å²) in [4.78, 5) is 23.9. The zero-order valence-corrected chi connectivity index (χ0v) is 15.6. The van der Waals surface area contributed by atoms with Gasteiger partial charge in [0.1, 0.15) is 12.0 Å². The molecule has 3 aromatic rings. The molecule has 1 fully saturated rings. The first-order valence-corrected chi connectivity index (χ1v) is 9.15. The van der Waals surface area contributed by atoms with E-state index in [0.29, 0.717) is 37.0 Å². The highest BCUT2D eigenvalue weighted by Gasteiger charge is 2.16. The molecule has 144 valence electrons. The third kappa shape index (κ3) is 4.17. The molecule has 0 unspecified atom stereocenters. The van der Waals surface area contributed by atoms with E-state index in [-0.39, 0.29) is 5.91 Å². The molecule has 0 aliphatic carbocycles. The molecule has 1 aromatic carbocycles. The number of anilines is 1. The average Bonchev–Trinajstić information content (AvgIpc) is 3.26. The highest BCUT2D eigenvalue weighted by molar-refractivity contribution is 5.95. The summed E-state index contributed by atoms with van der Waals surface area (Å²) < 4.78 is 10.2. The predicted octanol–water partition coefficient (Wildman–Crippen LogP) is 2.21. The minimum atomic E-state index is -0.177. The summed E-state index contributed by atoms with van der Waals surface area (Å²) >= 11 is 0. The van der Waals surface area contributed by atoms with Gasteiger partial charge < -0.3 is 19.5 Å². The van der Waals surface area contributed by atoms with Gasteiger partial charge in [0.15, 0.2) is 0 Å². The maximum absolute atomic E-state index is 12.5. The third-order valence-corrected chi connectivity index (χ3v) is 4.48. The van der Waals surface area contributed by atoms with Crippen LogP contribution in [-0.4, -0.2) is 47.3 Å². The maximum Gasteiger partial charge on any atom is 0.251 e. The minimum absolute atomic E-state index is 0.177. The van der Waals surface area contributed by atoms with Crippen molar-refractivity contribution in [1.29, 1.82) is 0 Å². The number of nitrogens with zero attached hydrogens (tertiary/aromatic N) is 4. The van der Waals surface area contributed by atoms with Gasteiger partial charge >= 0.3 is 0 Å². The Morgan fingerprint density at radius 3 is 2.82 bits per heavy atom. The summed E-state index contributed by atoms with van der Waals surface area (Å²) in [6, 6.07) is 11.1. The normalized spacial score (nSPS) is 14.1. The summed E-state index contributed by atoms with van der Waals surface area (Å²) in [5.41, 5.74) is 3.78. The number of aromatic nitrogens is 3. The number of aryl methyl sites for hydroxylation is 1. The lowest BCUT2D eigenvalue weighted by molar-refractivity contribution is 0.0950. The summed E-state index contributed by atoms with van der Waals surface area (Å²) in [6.07, 6.45) is 1.48. The number of nitrogens with one attached hydrogen (secondary N) is 1. The lowest BCUT2D eigenvalue weighted by atomic mass is 10.1. The molecular weight excluding hydrogens is 358 g/mol. The van der Waals surface area contributed by atoms with Crippen LogP contribution in [0.5, 0.6) is 0 Å². The maximum atomic E-state index is 12.5. The Kier molecular flexibility index (Phi) is 5.29. The fraction of sp³-hybridized carbons (Fsp3) is 0.300. The molecule has 1 aliphatic heterocycles. The molecule has 0 bridgehead atoms. The topological polar surface area (TPSA) is 93.4 Å². The summed E-state index contributed by atoms with van der Waals surface area (Å²) in [5, 5.41) is 6.63. The second-order valence-electron chi connectivity index (χ2n) is 6.55. The van der Waals surface area contributed by atoms with Gasteiger partial charge in [-0.15, -0.1) is 0 Å². The molecule has 4 rings (SSSR count). The van der Waals surface area contributed by atoms with Crippen LogP contribution in [0.1, 0.15) is 21.7 Å². The standard InChI is InChI=1S/C20H21N5O3/c1-14-11-18(23-20(22-14)25-6-9-27-10-7-25)15-3-2-4-16(12-15)19(26)21-13-17-5-8-28-24-17/h2-5,8,11-12H,6-7,9-10,13H2,1H3,(H,21,26). The summed E-state index contributed by atoms with van der Waals surface area (Å²) in [6.45, 7) is 5.15. The first-order chi connectivity index (χ1) is 13.7. The largest absolute Gasteiger partial charge is 0.378 e. The fourth-order valence-corrected chi connectivity index (χ4v) is 3.03. The van der Waals surface area contributed by atoms with E-state index >= 15 is 0 Å². The van der Waals surface area contributed by atoms with E-state index in [1.54, 1.807) is 12.1 Å². The van der Waals surface area contributed by atoms with Crippen molar-refractivity contribution in [2.75, 3.05) is 31.2 Å². The van der Waals surface area contributed by atoms with Crippen molar-refractivity contribution in [3.8, 4) is 11.3 Å². The van der Waals surface area contributed by atoms with Crippen LogP contribution < -0.4 is 10.2 Å². The number of ether oxygens (including phenoxy) is 1. The number of amides is 1. The second-order valence-corrected chi connectivity index (χ2v) is 6.55. The van der Waals surface area contributed by atoms with Crippen molar-refractivity contribution < 1.29 is 14.1 Å². The van der Waals surface area contributed by atoms with E-state index in [4.69, 9.17) is 14.2 Å². The Morgan fingerprint density at radius 2 is 2.04 bits per heavy atom. The highest BCUT2D eigenvalue weighted by atomic mass is 16.5. The van der Waals surface area contributed by atoms with E-state index < -0.39 is 0 Å². The van der Waals surface area contributed by atoms with Crippen molar-refractivity contribution in [2.45, 2.75) is 13.5 Å². The van der Waals surface area contributed by atoms with Crippen LogP contribution in [0.4, 0.5) is 5.95 Å². The fourth-order valence-electron chi connectivity index (χ4n) is 3.03. The molecule has 1 amide bonds. The van der Waals surface area contributed by atoms with Gasteiger partial charge in [0.2, 0.25) is 5.95 Å². The quantitative estimate of drug-likeness (QED) is 0.726. The van der Waals surface area contributed by atoms with Crippen LogP contribution in [0.25, 0.3) is 11.3 Å². The summed E-state index contributed by atoms with van der Waals surface area (Å²) in [7, 11) is 0. The van der Waals surface area contributed by atoms with Crippen molar-refractivity contribution in [2.24, 2.45) is 0 Å². The van der Waals surface area contributed by atoms with Crippen LogP contribution >= 0.6 is 0 Å². The molecule has 3 heterocycles. The highest BCUT2D eigenvalue weighted by Crippen LogP contribution is 2.22. The Bertz CT molecular complexity index is 952. The lowest BCUT2D eigenvalue weighted by Crippen LogP contribution is -2.37. The molecule has 8 nitrogen and oxygen atoms in total. The van der Waals surface area contributed by atoms with Crippen LogP contribution in [0.15, 0.2) is 47.2 Å². The number of rotatable bonds is 5. The van der Waals surface area contributed by atoms with Crippen molar-refractivity contribution in [3.63, 3.8) is 0 Å². The van der Waals surface area contributed by atoms with E-state index in [1.807, 2.05) is 31.2 Å². The van der Waals surface area contributed by atoms with Gasteiger partial charge in [-0.05, 0) is 25.1 Å². The van der Waals surface area contributed by atoms with Crippen molar-refractivity contribution in [1.82, 2.24) is 20.4 Å². The minimum Gasteiger partial charge on any atom is -0.378 e. The van der Waals surface area contributed by atoms with E-state index in [0.717, 1.165) is 30.0 Å². The van der Waals surface area contributed by atoms with Crippen LogP contribution in [0.3, 0.4) is 0 Å². The first kappa shape index (κ1) is 18.1. The number of carbonyl (C=O) groups excluding carboxylic acids is 1. The molecule has 8 heteroatoms. The van der Waals surface area contributed by atoms with Gasteiger partial charge in [-0.3, -0.25) is 4.79 Å². The monoisotopic (exact) mass is 379 g/mol. The zero-order chi connectivity index (χ0) is 19.3. The molecule has 0 saturated carbocycles. The zero-order valence-electron chi connectivity index (χ0n) is 15.6. The lowest BCUT2D eigenvalue weighted by Gasteiger charge is -2.27. The van der Waals surface area contributed by atoms with Crippen LogP contribution in [0, 0.1) is 6.92 Å². The van der Waals surface area contributed by atoms with Gasteiger partial charge in [0.25, 0.3) is 5.91 Å². The van der Waals surface area contributed by atoms with Crippen LogP contribution in [-0.2, 0) is 11.3 Å². The van der Waals surface area contributed by atoms with Crippen LogP contribution in [0.2, 0.25) is 0 Å². The molecule has 1 N–H and O–H groups in total. The molecule has 2 aromatic heterocycles. The van der Waals surface area contributed by atoms with E-state index in [1.165, 1.54) is 6.26 Å². The van der Waals surface area contributed by atoms with Gasteiger partial charge in [0, 0.05) is 36.0 Å². The Labute approximate surface area is 162 Å². The number of hydrogen-bond acceptors (Lipinski definition) is 7. The van der Waals surface area contributed by atoms with Gasteiger partial charge in [-0.1, -0.05) is 17.3 Å². The van der Waals surface area contributed by atoms with Crippen molar-refractivity contribution >= 4 is 11.9 Å². The van der Waals surface area contributed by atoms with Gasteiger partial charge in [-0.25, -0.2) is 9.97 Å². The third-order valence-electron chi connectivity index (χ3n) is 4.48. The molecular formula is C20H21N5O3. The molecule has 0 spiro atoms. The van der Waals surface area contributed by atoms with Crippen molar-refractivity contribution in [3.05, 3.63) is 59.6 Å².